The topological polar surface area (TPSA) is 114 Å². The molecule has 0 aromatic carbocycles. The number of fused-ring (bicyclic) bond motifs is 1. The van der Waals surface area contributed by atoms with Crippen LogP contribution in [0.5, 0.6) is 0 Å². The molecule has 0 aliphatic carbocycles. The number of aromatic amines is 1. The predicted octanol–water partition coefficient (Wildman–Crippen LogP) is 0.910. The number of esters is 1. The fourth-order valence-electron chi connectivity index (χ4n) is 3.51. The number of amides is 1. The summed E-state index contributed by atoms with van der Waals surface area (Å²) in [6.45, 7) is 5.19. The highest BCUT2D eigenvalue weighted by molar-refractivity contribution is 5.97. The first kappa shape index (κ1) is 19.8. The van der Waals surface area contributed by atoms with Crippen LogP contribution in [0.2, 0.25) is 0 Å². The molecule has 1 amide bonds. The van der Waals surface area contributed by atoms with Crippen molar-refractivity contribution < 1.29 is 14.3 Å². The third-order valence-electron chi connectivity index (χ3n) is 4.86. The van der Waals surface area contributed by atoms with Gasteiger partial charge in [0.15, 0.2) is 0 Å². The third kappa shape index (κ3) is 3.83. The van der Waals surface area contributed by atoms with Crippen LogP contribution in [-0.4, -0.2) is 51.0 Å². The van der Waals surface area contributed by atoms with E-state index in [0.29, 0.717) is 39.0 Å². The molecule has 2 aromatic heterocycles. The summed E-state index contributed by atoms with van der Waals surface area (Å²) in [5, 5.41) is 0.192. The van der Waals surface area contributed by atoms with Crippen molar-refractivity contribution in [2.75, 3.05) is 19.7 Å². The van der Waals surface area contributed by atoms with Gasteiger partial charge in [-0.25, -0.2) is 9.78 Å². The minimum absolute atomic E-state index is 0.192. The molecule has 2 aromatic rings. The largest absolute Gasteiger partial charge is 0.466 e. The quantitative estimate of drug-likeness (QED) is 0.762. The number of aromatic nitrogens is 3. The van der Waals surface area contributed by atoms with Gasteiger partial charge in [0.05, 0.1) is 23.5 Å². The first-order chi connectivity index (χ1) is 13.5. The van der Waals surface area contributed by atoms with Crippen molar-refractivity contribution >= 4 is 22.9 Å². The molecule has 3 rings (SSSR count). The van der Waals surface area contributed by atoms with Crippen molar-refractivity contribution in [3.05, 3.63) is 38.7 Å². The van der Waals surface area contributed by atoms with Gasteiger partial charge < -0.3 is 9.64 Å². The molecule has 1 N–H and O–H groups in total. The number of ether oxygens (including phenoxy) is 1. The highest BCUT2D eigenvalue weighted by Crippen LogP contribution is 2.20. The number of carbonyl (C=O) groups is 2. The molecule has 3 heterocycles. The number of piperidine rings is 1. The van der Waals surface area contributed by atoms with Crippen LogP contribution in [0.25, 0.3) is 11.0 Å². The zero-order valence-electron chi connectivity index (χ0n) is 16.1. The number of carbonyl (C=O) groups excluding carboxylic acids is 2. The molecule has 0 spiro atoms. The Morgan fingerprint density at radius 3 is 2.82 bits per heavy atom. The van der Waals surface area contributed by atoms with Gasteiger partial charge >= 0.3 is 11.7 Å². The van der Waals surface area contributed by atoms with E-state index in [0.717, 1.165) is 0 Å². The first-order valence-electron chi connectivity index (χ1n) is 9.55. The van der Waals surface area contributed by atoms with Crippen LogP contribution in [0.4, 0.5) is 0 Å². The van der Waals surface area contributed by atoms with Gasteiger partial charge in [-0.05, 0) is 32.3 Å². The lowest BCUT2D eigenvalue weighted by Gasteiger charge is -2.31. The van der Waals surface area contributed by atoms with Gasteiger partial charge in [-0.15, -0.1) is 0 Å². The van der Waals surface area contributed by atoms with Crippen molar-refractivity contribution in [3.63, 3.8) is 0 Å². The molecule has 1 aliphatic heterocycles. The Balaban J connectivity index is 1.91. The van der Waals surface area contributed by atoms with Gasteiger partial charge in [-0.1, -0.05) is 6.92 Å². The zero-order valence-corrected chi connectivity index (χ0v) is 16.1. The van der Waals surface area contributed by atoms with Gasteiger partial charge in [0.25, 0.3) is 11.5 Å². The maximum atomic E-state index is 12.9. The Bertz CT molecular complexity index is 1010. The molecule has 0 bridgehead atoms. The number of nitrogens with zero attached hydrogens (tertiary/aromatic N) is 3. The molecule has 1 atom stereocenters. The molecule has 9 heteroatoms. The second kappa shape index (κ2) is 8.37. The maximum absolute atomic E-state index is 12.9. The average molecular weight is 388 g/mol. The molecule has 9 nitrogen and oxygen atoms in total. The first-order valence-corrected chi connectivity index (χ1v) is 9.55. The van der Waals surface area contributed by atoms with Crippen LogP contribution in [0.3, 0.4) is 0 Å². The van der Waals surface area contributed by atoms with Gasteiger partial charge in [0.1, 0.15) is 5.65 Å². The van der Waals surface area contributed by atoms with Crippen LogP contribution in [0, 0.1) is 5.92 Å². The number of nitrogens with one attached hydrogen (secondary N) is 1. The van der Waals surface area contributed by atoms with Crippen LogP contribution in [0.15, 0.2) is 21.9 Å². The Morgan fingerprint density at radius 1 is 1.32 bits per heavy atom. The lowest BCUT2D eigenvalue weighted by Crippen LogP contribution is -2.43. The smallest absolute Gasteiger partial charge is 0.329 e. The third-order valence-corrected chi connectivity index (χ3v) is 4.86. The van der Waals surface area contributed by atoms with Crippen LogP contribution in [-0.2, 0) is 16.1 Å². The summed E-state index contributed by atoms with van der Waals surface area (Å²) in [5.41, 5.74) is -0.573. The van der Waals surface area contributed by atoms with E-state index in [1.54, 1.807) is 11.8 Å². The number of pyridine rings is 1. The second-order valence-electron chi connectivity index (χ2n) is 6.85. The summed E-state index contributed by atoms with van der Waals surface area (Å²) in [4.78, 5) is 57.2. The number of H-pyrrole nitrogens is 1. The SMILES string of the molecule is CCCn1c(=O)[nH]c(=O)c2cc(C(=O)N3CCCC(C(=O)OCC)C3)cnc21. The molecule has 0 saturated carbocycles. The molecular weight excluding hydrogens is 364 g/mol. The van der Waals surface area contributed by atoms with Gasteiger partial charge in [-0.3, -0.25) is 23.9 Å². The van der Waals surface area contributed by atoms with E-state index in [1.165, 1.54) is 16.8 Å². The van der Waals surface area contributed by atoms with Gasteiger partial charge in [0, 0.05) is 25.8 Å². The van der Waals surface area contributed by atoms with Crippen molar-refractivity contribution in [3.8, 4) is 0 Å². The second-order valence-corrected chi connectivity index (χ2v) is 6.85. The molecule has 0 radical (unpaired) electrons. The van der Waals surface area contributed by atoms with Crippen LogP contribution >= 0.6 is 0 Å². The monoisotopic (exact) mass is 388 g/mol. The highest BCUT2D eigenvalue weighted by Gasteiger charge is 2.30. The normalized spacial score (nSPS) is 16.9. The predicted molar refractivity (Wildman–Crippen MR) is 102 cm³/mol. The lowest BCUT2D eigenvalue weighted by atomic mass is 9.97. The maximum Gasteiger partial charge on any atom is 0.329 e. The standard InChI is InChI=1S/C19H24N4O5/c1-3-7-23-15-14(16(24)21-19(23)27)9-13(10-20-15)17(25)22-8-5-6-12(11-22)18(26)28-4-2/h9-10,12H,3-8,11H2,1-2H3,(H,21,24,27). The Morgan fingerprint density at radius 2 is 2.11 bits per heavy atom. The van der Waals surface area contributed by atoms with Crippen molar-refractivity contribution in [1.29, 1.82) is 0 Å². The van der Waals surface area contributed by atoms with E-state index in [-0.39, 0.29) is 40.9 Å². The van der Waals surface area contributed by atoms with E-state index in [9.17, 15) is 19.2 Å². The van der Waals surface area contributed by atoms with E-state index in [1.807, 2.05) is 6.92 Å². The summed E-state index contributed by atoms with van der Waals surface area (Å²) in [5.74, 6) is -0.933. The molecule has 1 aliphatic rings. The Labute approximate surface area is 161 Å². The minimum atomic E-state index is -0.572. The summed E-state index contributed by atoms with van der Waals surface area (Å²) in [6, 6.07) is 1.46. The average Bonchev–Trinajstić information content (AvgIpc) is 2.70. The number of aryl methyl sites for hydroxylation is 1. The fraction of sp³-hybridized carbons (Fsp3) is 0.526. The number of likely N-dealkylation sites (tertiary alicyclic amines) is 1. The van der Waals surface area contributed by atoms with E-state index in [2.05, 4.69) is 9.97 Å². The Hall–Kier alpha value is -2.97. The van der Waals surface area contributed by atoms with Crippen LogP contribution < -0.4 is 11.2 Å². The Kier molecular flexibility index (Phi) is 5.91. The van der Waals surface area contributed by atoms with E-state index >= 15 is 0 Å². The number of hydrogen-bond acceptors (Lipinski definition) is 6. The summed E-state index contributed by atoms with van der Waals surface area (Å²) in [6.07, 6.45) is 3.46. The molecule has 28 heavy (non-hydrogen) atoms. The van der Waals surface area contributed by atoms with Crippen molar-refractivity contribution in [2.45, 2.75) is 39.7 Å². The lowest BCUT2D eigenvalue weighted by molar-refractivity contribution is -0.149. The molecule has 150 valence electrons. The zero-order chi connectivity index (χ0) is 20.3. The number of hydrogen-bond donors (Lipinski definition) is 1. The van der Waals surface area contributed by atoms with Crippen molar-refractivity contribution in [1.82, 2.24) is 19.4 Å². The summed E-state index contributed by atoms with van der Waals surface area (Å²) < 4.78 is 6.46. The van der Waals surface area contributed by atoms with E-state index < -0.39 is 11.2 Å². The molecule has 1 fully saturated rings. The summed E-state index contributed by atoms with van der Waals surface area (Å²) >= 11 is 0. The van der Waals surface area contributed by atoms with Crippen molar-refractivity contribution in [2.24, 2.45) is 5.92 Å². The van der Waals surface area contributed by atoms with E-state index in [4.69, 9.17) is 4.74 Å². The highest BCUT2D eigenvalue weighted by atomic mass is 16.5. The van der Waals surface area contributed by atoms with Crippen LogP contribution in [0.1, 0.15) is 43.5 Å². The molecular formula is C19H24N4O5. The minimum Gasteiger partial charge on any atom is -0.466 e. The number of rotatable bonds is 5. The van der Waals surface area contributed by atoms with Gasteiger partial charge in [0.2, 0.25) is 0 Å². The molecule has 1 unspecified atom stereocenters. The fourth-order valence-corrected chi connectivity index (χ4v) is 3.51. The van der Waals surface area contributed by atoms with Gasteiger partial charge in [-0.2, -0.15) is 0 Å². The summed E-state index contributed by atoms with van der Waals surface area (Å²) in [7, 11) is 0. The molecule has 1 saturated heterocycles.